The molecule has 1 saturated heterocycles. The fraction of sp³-hybridized carbons (Fsp3) is 0.667. The van der Waals surface area contributed by atoms with Crippen molar-refractivity contribution in [3.05, 3.63) is 17.5 Å². The number of morpholine rings is 1. The Labute approximate surface area is 77.9 Å². The first-order chi connectivity index (χ1) is 6.29. The zero-order valence-electron chi connectivity index (χ0n) is 8.08. The zero-order valence-corrected chi connectivity index (χ0v) is 8.08. The maximum Gasteiger partial charge on any atom is 0.0663 e. The van der Waals surface area contributed by atoms with Crippen LogP contribution in [0.4, 0.5) is 0 Å². The van der Waals surface area contributed by atoms with Gasteiger partial charge < -0.3 is 10.1 Å². The molecule has 4 heteroatoms. The number of ether oxygens (including phenoxy) is 1. The largest absolute Gasteiger partial charge is 0.378 e. The molecule has 0 aliphatic carbocycles. The second-order valence-corrected chi connectivity index (χ2v) is 3.39. The standard InChI is InChI=1S/C9H15N3O/c1-7-8(5-11-12(7)2)9-6-13-4-3-10-9/h5,9-10H,3-4,6H2,1-2H3. The van der Waals surface area contributed by atoms with Crippen molar-refractivity contribution in [1.82, 2.24) is 15.1 Å². The monoisotopic (exact) mass is 181 g/mol. The topological polar surface area (TPSA) is 39.1 Å². The second-order valence-electron chi connectivity index (χ2n) is 3.39. The first-order valence-corrected chi connectivity index (χ1v) is 4.58. The van der Waals surface area contributed by atoms with E-state index >= 15 is 0 Å². The van der Waals surface area contributed by atoms with Crippen LogP contribution in [0.5, 0.6) is 0 Å². The van der Waals surface area contributed by atoms with E-state index in [4.69, 9.17) is 4.74 Å². The Morgan fingerprint density at radius 2 is 2.54 bits per heavy atom. The Hall–Kier alpha value is -0.870. The molecule has 4 nitrogen and oxygen atoms in total. The van der Waals surface area contributed by atoms with Crippen molar-refractivity contribution < 1.29 is 4.74 Å². The van der Waals surface area contributed by atoms with Crippen molar-refractivity contribution in [1.29, 1.82) is 0 Å². The van der Waals surface area contributed by atoms with Crippen molar-refractivity contribution >= 4 is 0 Å². The van der Waals surface area contributed by atoms with Crippen molar-refractivity contribution in [2.45, 2.75) is 13.0 Å². The Balaban J connectivity index is 2.18. The molecule has 0 radical (unpaired) electrons. The van der Waals surface area contributed by atoms with E-state index in [2.05, 4.69) is 17.3 Å². The maximum atomic E-state index is 5.40. The van der Waals surface area contributed by atoms with Gasteiger partial charge in [0.2, 0.25) is 0 Å². The van der Waals surface area contributed by atoms with Crippen LogP contribution in [-0.4, -0.2) is 29.5 Å². The molecule has 0 aromatic carbocycles. The van der Waals surface area contributed by atoms with E-state index in [0.717, 1.165) is 19.8 Å². The fourth-order valence-corrected chi connectivity index (χ4v) is 1.62. The highest BCUT2D eigenvalue weighted by atomic mass is 16.5. The Morgan fingerprint density at radius 3 is 3.08 bits per heavy atom. The molecule has 13 heavy (non-hydrogen) atoms. The van der Waals surface area contributed by atoms with Gasteiger partial charge in [0.25, 0.3) is 0 Å². The molecule has 72 valence electrons. The Kier molecular flexibility index (Phi) is 2.33. The molecule has 0 spiro atoms. The third kappa shape index (κ3) is 1.59. The molecule has 2 rings (SSSR count). The van der Waals surface area contributed by atoms with Crippen LogP contribution in [0.2, 0.25) is 0 Å². The van der Waals surface area contributed by atoms with Crippen LogP contribution < -0.4 is 5.32 Å². The van der Waals surface area contributed by atoms with Gasteiger partial charge in [0.1, 0.15) is 0 Å². The average molecular weight is 181 g/mol. The highest BCUT2D eigenvalue weighted by molar-refractivity contribution is 5.20. The van der Waals surface area contributed by atoms with Crippen molar-refractivity contribution in [3.8, 4) is 0 Å². The van der Waals surface area contributed by atoms with E-state index in [-0.39, 0.29) is 0 Å². The van der Waals surface area contributed by atoms with E-state index in [1.54, 1.807) is 0 Å². The van der Waals surface area contributed by atoms with Gasteiger partial charge in [-0.25, -0.2) is 0 Å². The number of aromatic nitrogens is 2. The first-order valence-electron chi connectivity index (χ1n) is 4.58. The van der Waals surface area contributed by atoms with Crippen LogP contribution in [0.15, 0.2) is 6.20 Å². The van der Waals surface area contributed by atoms with E-state index < -0.39 is 0 Å². The van der Waals surface area contributed by atoms with Crippen LogP contribution >= 0.6 is 0 Å². The minimum Gasteiger partial charge on any atom is -0.378 e. The van der Waals surface area contributed by atoms with Crippen molar-refractivity contribution in [2.75, 3.05) is 19.8 Å². The minimum absolute atomic E-state index is 0.322. The Morgan fingerprint density at radius 1 is 1.69 bits per heavy atom. The fourth-order valence-electron chi connectivity index (χ4n) is 1.62. The molecule has 2 heterocycles. The van der Waals surface area contributed by atoms with E-state index in [9.17, 15) is 0 Å². The molecule has 1 atom stereocenters. The predicted octanol–water partition coefficient (Wildman–Crippen LogP) is 0.389. The molecule has 1 aliphatic rings. The number of nitrogens with zero attached hydrogens (tertiary/aromatic N) is 2. The lowest BCUT2D eigenvalue weighted by Crippen LogP contribution is -2.34. The molecule has 0 saturated carbocycles. The van der Waals surface area contributed by atoms with E-state index in [1.807, 2.05) is 17.9 Å². The molecule has 1 aromatic rings. The summed E-state index contributed by atoms with van der Waals surface area (Å²) in [6, 6.07) is 0.322. The Bertz CT molecular complexity index is 289. The summed E-state index contributed by atoms with van der Waals surface area (Å²) in [4.78, 5) is 0. The highest BCUT2D eigenvalue weighted by Crippen LogP contribution is 2.18. The number of hydrogen-bond acceptors (Lipinski definition) is 3. The summed E-state index contributed by atoms with van der Waals surface area (Å²) in [6.07, 6.45) is 1.92. The van der Waals surface area contributed by atoms with Gasteiger partial charge in [-0.05, 0) is 6.92 Å². The molecule has 1 aromatic heterocycles. The number of hydrogen-bond donors (Lipinski definition) is 1. The van der Waals surface area contributed by atoms with Gasteiger partial charge in [0, 0.05) is 24.8 Å². The number of nitrogens with one attached hydrogen (secondary N) is 1. The van der Waals surface area contributed by atoms with Gasteiger partial charge in [-0.2, -0.15) is 5.10 Å². The SMILES string of the molecule is Cc1c(C2COCCN2)cnn1C. The summed E-state index contributed by atoms with van der Waals surface area (Å²) < 4.78 is 7.30. The number of aryl methyl sites for hydroxylation is 1. The molecule has 1 N–H and O–H groups in total. The van der Waals surface area contributed by atoms with Crippen molar-refractivity contribution in [3.63, 3.8) is 0 Å². The third-order valence-electron chi connectivity index (χ3n) is 2.57. The summed E-state index contributed by atoms with van der Waals surface area (Å²) in [7, 11) is 1.96. The van der Waals surface area contributed by atoms with Crippen LogP contribution in [-0.2, 0) is 11.8 Å². The third-order valence-corrected chi connectivity index (χ3v) is 2.57. The van der Waals surface area contributed by atoms with Crippen LogP contribution in [0, 0.1) is 6.92 Å². The van der Waals surface area contributed by atoms with Crippen LogP contribution in [0.3, 0.4) is 0 Å². The molecule has 1 aliphatic heterocycles. The van der Waals surface area contributed by atoms with Gasteiger partial charge >= 0.3 is 0 Å². The van der Waals surface area contributed by atoms with Gasteiger partial charge in [-0.3, -0.25) is 4.68 Å². The second kappa shape index (κ2) is 3.47. The summed E-state index contributed by atoms with van der Waals surface area (Å²) in [5.74, 6) is 0. The van der Waals surface area contributed by atoms with E-state index in [0.29, 0.717) is 6.04 Å². The average Bonchev–Trinajstić information content (AvgIpc) is 2.49. The predicted molar refractivity (Wildman–Crippen MR) is 49.5 cm³/mol. The molecular weight excluding hydrogens is 166 g/mol. The first kappa shape index (κ1) is 8.72. The lowest BCUT2D eigenvalue weighted by Gasteiger charge is -2.23. The van der Waals surface area contributed by atoms with Gasteiger partial charge in [-0.1, -0.05) is 0 Å². The number of rotatable bonds is 1. The van der Waals surface area contributed by atoms with Crippen LogP contribution in [0.1, 0.15) is 17.3 Å². The zero-order chi connectivity index (χ0) is 9.26. The summed E-state index contributed by atoms with van der Waals surface area (Å²) in [5, 5.41) is 7.62. The van der Waals surface area contributed by atoms with Gasteiger partial charge in [0.05, 0.1) is 25.5 Å². The normalized spacial score (nSPS) is 23.4. The summed E-state index contributed by atoms with van der Waals surface area (Å²) in [6.45, 7) is 4.58. The molecule has 0 amide bonds. The quantitative estimate of drug-likeness (QED) is 0.681. The van der Waals surface area contributed by atoms with Crippen molar-refractivity contribution in [2.24, 2.45) is 7.05 Å². The molecule has 1 fully saturated rings. The molecular formula is C9H15N3O. The summed E-state index contributed by atoms with van der Waals surface area (Å²) >= 11 is 0. The molecule has 0 bridgehead atoms. The highest BCUT2D eigenvalue weighted by Gasteiger charge is 2.18. The van der Waals surface area contributed by atoms with E-state index in [1.165, 1.54) is 11.3 Å². The lowest BCUT2D eigenvalue weighted by atomic mass is 10.1. The summed E-state index contributed by atoms with van der Waals surface area (Å²) in [5.41, 5.74) is 2.46. The van der Waals surface area contributed by atoms with Gasteiger partial charge in [0.15, 0.2) is 0 Å². The lowest BCUT2D eigenvalue weighted by molar-refractivity contribution is 0.0766. The smallest absolute Gasteiger partial charge is 0.0663 e. The van der Waals surface area contributed by atoms with Crippen LogP contribution in [0.25, 0.3) is 0 Å². The molecule has 1 unspecified atom stereocenters. The van der Waals surface area contributed by atoms with Gasteiger partial charge in [-0.15, -0.1) is 0 Å². The minimum atomic E-state index is 0.322. The maximum absolute atomic E-state index is 5.40.